The number of anilines is 3. The Morgan fingerprint density at radius 2 is 1.62 bits per heavy atom. The van der Waals surface area contributed by atoms with Crippen LogP contribution in [0.5, 0.6) is 11.5 Å². The molecule has 0 radical (unpaired) electrons. The minimum absolute atomic E-state index is 0.145. The lowest BCUT2D eigenvalue weighted by Crippen LogP contribution is -2.48. The topological polar surface area (TPSA) is 99.6 Å². The van der Waals surface area contributed by atoms with Crippen LogP contribution >= 0.6 is 0 Å². The molecule has 60 heavy (non-hydrogen) atoms. The molecule has 1 saturated heterocycles. The van der Waals surface area contributed by atoms with Crippen molar-refractivity contribution in [3.05, 3.63) is 137 Å². The standard InChI is InChI=1S/C49H54FN3O6Si/c1-31(2)14-13-15-32(3)24-25-51-40-23-22-36(53-41-19-10-12-21-43(41)58-42-20-11-9-18-38(42)47(53)56)27-39(40)49(48(51)57)33(4)46(60(5,6)50)44(59-49)28-45(55)52-29-35-17-8-7-16-34(35)26-37(52)30-54/h7-12,14,16-24,27,33,37,44,46,54H,13,15,25-26,28-30H2,1-6H3/b32-24+/t33-,37+,44+,46-,49+/m1/s1. The molecule has 4 aliphatic rings. The summed E-state index contributed by atoms with van der Waals surface area (Å²) in [6.07, 6.45) is 5.42. The van der Waals surface area contributed by atoms with Crippen LogP contribution in [0.4, 0.5) is 21.2 Å². The predicted molar refractivity (Wildman–Crippen MR) is 235 cm³/mol. The molecule has 1 spiro atoms. The molecular formula is C49H54FN3O6Si. The Bertz CT molecular complexity index is 2400. The summed E-state index contributed by atoms with van der Waals surface area (Å²) in [7, 11) is -3.64. The number of aliphatic hydroxyl groups is 1. The lowest BCUT2D eigenvalue weighted by Gasteiger charge is -2.37. The molecule has 5 atom stereocenters. The first-order chi connectivity index (χ1) is 28.7. The van der Waals surface area contributed by atoms with Crippen LogP contribution in [0.3, 0.4) is 0 Å². The summed E-state index contributed by atoms with van der Waals surface area (Å²) in [5.74, 6) is -0.609. The van der Waals surface area contributed by atoms with E-state index in [4.69, 9.17) is 9.47 Å². The number of carbonyl (C=O) groups excluding carboxylic acids is 3. The van der Waals surface area contributed by atoms with Gasteiger partial charge in [0.2, 0.25) is 14.3 Å². The molecule has 1 fully saturated rings. The highest BCUT2D eigenvalue weighted by Gasteiger charge is 2.67. The van der Waals surface area contributed by atoms with Crippen molar-refractivity contribution in [2.45, 2.75) is 96.3 Å². The van der Waals surface area contributed by atoms with E-state index in [0.29, 0.717) is 52.7 Å². The molecule has 1 N–H and O–H groups in total. The number of aliphatic hydroxyl groups excluding tert-OH is 1. The van der Waals surface area contributed by atoms with Crippen LogP contribution in [0.1, 0.15) is 74.0 Å². The maximum absolute atomic E-state index is 17.0. The first-order valence-electron chi connectivity index (χ1n) is 21.0. The lowest BCUT2D eigenvalue weighted by atomic mass is 9.82. The Labute approximate surface area is 353 Å². The van der Waals surface area contributed by atoms with E-state index in [1.807, 2.05) is 79.7 Å². The van der Waals surface area contributed by atoms with Crippen molar-refractivity contribution in [3.8, 4) is 11.5 Å². The van der Waals surface area contributed by atoms with Gasteiger partial charge in [-0.05, 0) is 107 Å². The number of hydrogen-bond donors (Lipinski definition) is 1. The van der Waals surface area contributed by atoms with Crippen molar-refractivity contribution >= 4 is 43.2 Å². The third-order valence-electron chi connectivity index (χ3n) is 12.8. The molecule has 0 saturated carbocycles. The van der Waals surface area contributed by atoms with Gasteiger partial charge in [-0.3, -0.25) is 19.3 Å². The Morgan fingerprint density at radius 1 is 0.917 bits per heavy atom. The van der Waals surface area contributed by atoms with E-state index in [9.17, 15) is 14.7 Å². The van der Waals surface area contributed by atoms with Crippen LogP contribution in [0.15, 0.2) is 114 Å². The average Bonchev–Trinajstić information content (AvgIpc) is 3.60. The van der Waals surface area contributed by atoms with Gasteiger partial charge in [-0.2, -0.15) is 0 Å². The van der Waals surface area contributed by atoms with Gasteiger partial charge >= 0.3 is 0 Å². The number of amides is 3. The van der Waals surface area contributed by atoms with Gasteiger partial charge in [-0.15, -0.1) is 0 Å². The third kappa shape index (κ3) is 7.30. The predicted octanol–water partition coefficient (Wildman–Crippen LogP) is 9.92. The van der Waals surface area contributed by atoms with Gasteiger partial charge < -0.3 is 28.5 Å². The zero-order chi connectivity index (χ0) is 42.5. The Balaban J connectivity index is 1.22. The molecule has 0 bridgehead atoms. The van der Waals surface area contributed by atoms with E-state index in [-0.39, 0.29) is 37.3 Å². The molecule has 3 amide bonds. The van der Waals surface area contributed by atoms with Crippen molar-refractivity contribution < 1.29 is 33.1 Å². The summed E-state index contributed by atoms with van der Waals surface area (Å²) in [4.78, 5) is 49.3. The fourth-order valence-corrected chi connectivity index (χ4v) is 12.4. The summed E-state index contributed by atoms with van der Waals surface area (Å²) in [6, 6.07) is 27.4. The number of benzene rings is 4. The number of rotatable bonds is 10. The second kappa shape index (κ2) is 16.2. The quantitative estimate of drug-likeness (QED) is 0.0972. The van der Waals surface area contributed by atoms with Crippen LogP contribution in [0.2, 0.25) is 18.6 Å². The number of carbonyl (C=O) groups is 3. The van der Waals surface area contributed by atoms with Gasteiger partial charge in [0, 0.05) is 35.8 Å². The highest BCUT2D eigenvalue weighted by atomic mass is 28.4. The van der Waals surface area contributed by atoms with Gasteiger partial charge in [0.25, 0.3) is 11.8 Å². The molecule has 4 heterocycles. The minimum atomic E-state index is -3.64. The monoisotopic (exact) mass is 827 g/mol. The summed E-state index contributed by atoms with van der Waals surface area (Å²) < 4.78 is 30.3. The van der Waals surface area contributed by atoms with Gasteiger partial charge in [0.1, 0.15) is 5.75 Å². The zero-order valence-corrected chi connectivity index (χ0v) is 36.3. The van der Waals surface area contributed by atoms with Crippen molar-refractivity contribution in [1.29, 1.82) is 0 Å². The molecule has 0 aliphatic carbocycles. The van der Waals surface area contributed by atoms with E-state index >= 15 is 8.90 Å². The molecule has 8 rings (SSSR count). The Kier molecular flexibility index (Phi) is 11.2. The number of fused-ring (bicyclic) bond motifs is 5. The van der Waals surface area contributed by atoms with Crippen LogP contribution < -0.4 is 14.5 Å². The third-order valence-corrected chi connectivity index (χ3v) is 15.3. The van der Waals surface area contributed by atoms with E-state index < -0.39 is 37.6 Å². The van der Waals surface area contributed by atoms with Crippen LogP contribution in [-0.4, -0.2) is 61.4 Å². The molecular weight excluding hydrogens is 774 g/mol. The molecule has 11 heteroatoms. The molecule has 4 aromatic carbocycles. The van der Waals surface area contributed by atoms with Gasteiger partial charge in [0.05, 0.1) is 42.1 Å². The maximum Gasteiger partial charge on any atom is 0.266 e. The SMILES string of the molecule is CC(C)=CCC/C(C)=C/CN1C(=O)[C@@]2(O[C@@H](CC(=O)N3Cc4ccccc4C[C@H]3CO)[C@H]([Si](C)(C)F)[C@H]2C)c2cc(N3C(=O)c4ccccc4Oc4ccccc43)ccc21. The number of hydrogen-bond acceptors (Lipinski definition) is 6. The summed E-state index contributed by atoms with van der Waals surface area (Å²) in [5.41, 5.74) is 4.67. The van der Waals surface area contributed by atoms with E-state index in [2.05, 4.69) is 32.9 Å². The minimum Gasteiger partial charge on any atom is -0.454 e. The molecule has 0 unspecified atom stereocenters. The number of halogens is 1. The Hall–Kier alpha value is -5.36. The molecule has 312 valence electrons. The number of ether oxygens (including phenoxy) is 2. The highest BCUT2D eigenvalue weighted by Crippen LogP contribution is 2.61. The maximum atomic E-state index is 17.0. The lowest BCUT2D eigenvalue weighted by molar-refractivity contribution is -0.150. The normalized spacial score (nSPS) is 23.5. The van der Waals surface area contributed by atoms with Crippen LogP contribution in [0.25, 0.3) is 0 Å². The second-order valence-electron chi connectivity index (χ2n) is 17.5. The number of allylic oxidation sites excluding steroid dienone is 3. The second-order valence-corrected chi connectivity index (χ2v) is 21.3. The average molecular weight is 828 g/mol. The summed E-state index contributed by atoms with van der Waals surface area (Å²) in [5, 5.41) is 10.4. The van der Waals surface area contributed by atoms with Gasteiger partial charge in [-0.25, -0.2) is 0 Å². The first kappa shape index (κ1) is 41.4. The van der Waals surface area contributed by atoms with Crippen LogP contribution in [-0.2, 0) is 32.9 Å². The molecule has 0 aromatic heterocycles. The fourth-order valence-electron chi connectivity index (χ4n) is 9.89. The molecule has 9 nitrogen and oxygen atoms in total. The van der Waals surface area contributed by atoms with E-state index in [1.54, 1.807) is 46.0 Å². The Morgan fingerprint density at radius 3 is 2.35 bits per heavy atom. The van der Waals surface area contributed by atoms with Crippen LogP contribution in [0, 0.1) is 5.92 Å². The number of para-hydroxylation sites is 3. The molecule has 4 aromatic rings. The van der Waals surface area contributed by atoms with Crippen molar-refractivity contribution in [1.82, 2.24) is 4.90 Å². The van der Waals surface area contributed by atoms with E-state index in [0.717, 1.165) is 29.5 Å². The fraction of sp³-hybridized carbons (Fsp3) is 0.367. The highest BCUT2D eigenvalue weighted by molar-refractivity contribution is 6.72. The summed E-state index contributed by atoms with van der Waals surface area (Å²) >= 11 is 0. The first-order valence-corrected chi connectivity index (χ1v) is 24.0. The van der Waals surface area contributed by atoms with E-state index in [1.165, 1.54) is 5.57 Å². The van der Waals surface area contributed by atoms with Crippen molar-refractivity contribution in [2.75, 3.05) is 23.0 Å². The van der Waals surface area contributed by atoms with Gasteiger partial charge in [-0.1, -0.05) is 78.8 Å². The number of nitrogens with zero attached hydrogens (tertiary/aromatic N) is 3. The smallest absolute Gasteiger partial charge is 0.266 e. The molecule has 4 aliphatic heterocycles. The van der Waals surface area contributed by atoms with Gasteiger partial charge in [0.15, 0.2) is 11.4 Å². The zero-order valence-electron chi connectivity index (χ0n) is 35.3. The van der Waals surface area contributed by atoms with Crippen molar-refractivity contribution in [2.24, 2.45) is 5.92 Å². The van der Waals surface area contributed by atoms with Crippen molar-refractivity contribution in [3.63, 3.8) is 0 Å². The largest absolute Gasteiger partial charge is 0.454 e. The summed E-state index contributed by atoms with van der Waals surface area (Å²) in [6.45, 7) is 11.7.